The molecule has 0 saturated heterocycles. The average Bonchev–Trinajstić information content (AvgIpc) is 3.40. The van der Waals surface area contributed by atoms with Gasteiger partial charge in [0.2, 0.25) is 5.71 Å². The molecule has 0 bridgehead atoms. The molecule has 6 rings (SSSR count). The molecule has 0 aliphatic carbocycles. The molecule has 4 heterocycles. The number of aromatic nitrogens is 2. The van der Waals surface area contributed by atoms with Crippen molar-refractivity contribution in [1.82, 2.24) is 9.97 Å². The van der Waals surface area contributed by atoms with Gasteiger partial charge in [-0.15, -0.1) is 11.3 Å². The van der Waals surface area contributed by atoms with Crippen LogP contribution in [0.2, 0.25) is 0 Å². The Hall–Kier alpha value is -3.18. The first kappa shape index (κ1) is 17.7. The van der Waals surface area contributed by atoms with E-state index in [1.54, 1.807) is 17.7 Å². The number of nitrogens with zero attached hydrogens (tertiary/aromatic N) is 2. The third kappa shape index (κ3) is 2.45. The van der Waals surface area contributed by atoms with Crippen molar-refractivity contribution in [1.29, 1.82) is 0 Å². The molecule has 2 aromatic carbocycles. The van der Waals surface area contributed by atoms with E-state index in [2.05, 4.69) is 49.3 Å². The normalized spacial score (nSPS) is 12.7. The predicted octanol–water partition coefficient (Wildman–Crippen LogP) is 7.61. The second kappa shape index (κ2) is 5.92. The van der Waals surface area contributed by atoms with Gasteiger partial charge in [-0.1, -0.05) is 20.8 Å². The fourth-order valence-electron chi connectivity index (χ4n) is 4.30. The number of hydrogen-bond acceptors (Lipinski definition) is 5. The van der Waals surface area contributed by atoms with Crippen molar-refractivity contribution in [3.05, 3.63) is 59.4 Å². The van der Waals surface area contributed by atoms with Gasteiger partial charge < -0.3 is 8.83 Å². The van der Waals surface area contributed by atoms with Crippen molar-refractivity contribution in [2.24, 2.45) is 0 Å². The van der Waals surface area contributed by atoms with Crippen LogP contribution in [0.25, 0.3) is 54.4 Å². The third-order valence-corrected chi connectivity index (χ3v) is 6.65. The highest BCUT2D eigenvalue weighted by atomic mass is 32.1. The zero-order valence-electron chi connectivity index (χ0n) is 17.2. The Morgan fingerprint density at radius 3 is 2.63 bits per heavy atom. The first-order valence-electron chi connectivity index (χ1n) is 9.98. The van der Waals surface area contributed by atoms with Crippen molar-refractivity contribution in [2.45, 2.75) is 33.1 Å². The maximum absolute atomic E-state index is 6.20. The van der Waals surface area contributed by atoms with Crippen molar-refractivity contribution in [2.75, 3.05) is 0 Å². The molecule has 0 unspecified atom stereocenters. The number of aryl methyl sites for hydroxylation is 1. The molecule has 30 heavy (non-hydrogen) atoms. The molecule has 5 heteroatoms. The summed E-state index contributed by atoms with van der Waals surface area (Å²) in [4.78, 5) is 9.14. The van der Waals surface area contributed by atoms with E-state index in [0.29, 0.717) is 5.71 Å². The molecule has 4 aromatic heterocycles. The molecule has 0 amide bonds. The van der Waals surface area contributed by atoms with Crippen molar-refractivity contribution >= 4 is 54.5 Å². The minimum atomic E-state index is 0.0320. The van der Waals surface area contributed by atoms with Crippen LogP contribution in [-0.2, 0) is 5.41 Å². The molecule has 0 spiro atoms. The summed E-state index contributed by atoms with van der Waals surface area (Å²) in [6.45, 7) is 8.72. The minimum absolute atomic E-state index is 0.0320. The highest BCUT2D eigenvalue weighted by Gasteiger charge is 2.22. The lowest BCUT2D eigenvalue weighted by atomic mass is 9.85. The summed E-state index contributed by atoms with van der Waals surface area (Å²) in [6.07, 6.45) is 1.59. The second-order valence-electron chi connectivity index (χ2n) is 8.83. The zero-order valence-corrected chi connectivity index (χ0v) is 18.1. The van der Waals surface area contributed by atoms with Gasteiger partial charge in [-0.2, -0.15) is 0 Å². The lowest BCUT2D eigenvalue weighted by Crippen LogP contribution is -2.11. The van der Waals surface area contributed by atoms with Crippen LogP contribution in [0.3, 0.4) is 0 Å². The van der Waals surface area contributed by atoms with Crippen LogP contribution < -0.4 is 0 Å². The SMILES string of the molecule is Cc1cc2c(ccc3c2oc2ncnc(-c4cc(C(C)(C)C)c5sccc5c4)c23)o1. The van der Waals surface area contributed by atoms with Crippen molar-refractivity contribution in [3.8, 4) is 11.3 Å². The summed E-state index contributed by atoms with van der Waals surface area (Å²) in [7, 11) is 0. The van der Waals surface area contributed by atoms with E-state index in [-0.39, 0.29) is 5.41 Å². The average molecular weight is 413 g/mol. The van der Waals surface area contributed by atoms with Crippen LogP contribution in [0.1, 0.15) is 32.1 Å². The molecule has 4 nitrogen and oxygen atoms in total. The van der Waals surface area contributed by atoms with Crippen LogP contribution >= 0.6 is 11.3 Å². The standard InChI is InChI=1S/C25H20N2O2S/c1-13-9-17-19(28-13)6-5-16-20-21(26-12-27-24(20)29-22(16)17)15-10-14-7-8-30-23(14)18(11-15)25(2,3)4/h5-12H,1-4H3. The maximum Gasteiger partial charge on any atom is 0.231 e. The lowest BCUT2D eigenvalue weighted by molar-refractivity contribution is 0.578. The van der Waals surface area contributed by atoms with E-state index in [4.69, 9.17) is 13.8 Å². The molecule has 0 N–H and O–H groups in total. The highest BCUT2D eigenvalue weighted by Crippen LogP contribution is 2.41. The van der Waals surface area contributed by atoms with Gasteiger partial charge >= 0.3 is 0 Å². The Balaban J connectivity index is 1.72. The molecule has 148 valence electrons. The molecule has 0 saturated carbocycles. The van der Waals surface area contributed by atoms with E-state index in [9.17, 15) is 0 Å². The van der Waals surface area contributed by atoms with E-state index in [0.717, 1.165) is 44.3 Å². The third-order valence-electron chi connectivity index (χ3n) is 5.69. The number of hydrogen-bond donors (Lipinski definition) is 0. The lowest BCUT2D eigenvalue weighted by Gasteiger charge is -2.21. The summed E-state index contributed by atoms with van der Waals surface area (Å²) >= 11 is 1.79. The maximum atomic E-state index is 6.20. The first-order valence-corrected chi connectivity index (χ1v) is 10.9. The van der Waals surface area contributed by atoms with Gasteiger partial charge in [-0.25, -0.2) is 9.97 Å². The Morgan fingerprint density at radius 1 is 0.933 bits per heavy atom. The van der Waals surface area contributed by atoms with Gasteiger partial charge in [0.25, 0.3) is 0 Å². The molecule has 6 aromatic rings. The molecule has 0 radical (unpaired) electrons. The zero-order chi connectivity index (χ0) is 20.6. The highest BCUT2D eigenvalue weighted by molar-refractivity contribution is 7.17. The molecule has 0 aliphatic rings. The van der Waals surface area contributed by atoms with E-state index in [1.165, 1.54) is 15.6 Å². The minimum Gasteiger partial charge on any atom is -0.461 e. The Labute approximate surface area is 177 Å². The fraction of sp³-hybridized carbons (Fsp3) is 0.200. The van der Waals surface area contributed by atoms with E-state index in [1.807, 2.05) is 25.1 Å². The smallest absolute Gasteiger partial charge is 0.231 e. The molecule has 0 aliphatic heterocycles. The molecule has 0 fully saturated rings. The van der Waals surface area contributed by atoms with Crippen LogP contribution in [-0.4, -0.2) is 9.97 Å². The number of fused-ring (bicyclic) bond motifs is 6. The Morgan fingerprint density at radius 2 is 1.80 bits per heavy atom. The van der Waals surface area contributed by atoms with Gasteiger partial charge in [0, 0.05) is 15.6 Å². The summed E-state index contributed by atoms with van der Waals surface area (Å²) in [5.74, 6) is 0.863. The van der Waals surface area contributed by atoms with Crippen molar-refractivity contribution in [3.63, 3.8) is 0 Å². The summed E-state index contributed by atoms with van der Waals surface area (Å²) in [5, 5.41) is 6.33. The predicted molar refractivity (Wildman–Crippen MR) is 123 cm³/mol. The van der Waals surface area contributed by atoms with Crippen molar-refractivity contribution < 1.29 is 8.83 Å². The topological polar surface area (TPSA) is 52.1 Å². The number of rotatable bonds is 1. The molecular formula is C25H20N2O2S. The van der Waals surface area contributed by atoms with E-state index >= 15 is 0 Å². The largest absolute Gasteiger partial charge is 0.461 e. The van der Waals surface area contributed by atoms with E-state index < -0.39 is 0 Å². The molecular weight excluding hydrogens is 392 g/mol. The number of furan rings is 2. The number of benzene rings is 2. The van der Waals surface area contributed by atoms with Gasteiger partial charge in [0.1, 0.15) is 23.3 Å². The molecule has 0 atom stereocenters. The van der Waals surface area contributed by atoms with Gasteiger partial charge in [0.05, 0.1) is 16.5 Å². The van der Waals surface area contributed by atoms with Crippen LogP contribution in [0.5, 0.6) is 0 Å². The number of thiophene rings is 1. The second-order valence-corrected chi connectivity index (χ2v) is 9.74. The van der Waals surface area contributed by atoms with Gasteiger partial charge in [0.15, 0.2) is 0 Å². The summed E-state index contributed by atoms with van der Waals surface area (Å²) < 4.78 is 13.3. The monoisotopic (exact) mass is 412 g/mol. The van der Waals surface area contributed by atoms with Gasteiger partial charge in [-0.05, 0) is 65.1 Å². The van der Waals surface area contributed by atoms with Crippen LogP contribution in [0, 0.1) is 6.92 Å². The summed E-state index contributed by atoms with van der Waals surface area (Å²) in [5.41, 5.74) is 5.57. The first-order chi connectivity index (χ1) is 14.4. The quantitative estimate of drug-likeness (QED) is 0.279. The fourth-order valence-corrected chi connectivity index (χ4v) is 5.41. The summed E-state index contributed by atoms with van der Waals surface area (Å²) in [6, 6.07) is 12.7. The Bertz CT molecular complexity index is 1590. The van der Waals surface area contributed by atoms with Crippen LogP contribution in [0.15, 0.2) is 56.9 Å². The van der Waals surface area contributed by atoms with Crippen LogP contribution in [0.4, 0.5) is 0 Å². The van der Waals surface area contributed by atoms with Gasteiger partial charge in [-0.3, -0.25) is 0 Å². The Kier molecular flexibility index (Phi) is 3.49.